The molecule has 0 N–H and O–H groups in total. The van der Waals surface area contributed by atoms with Crippen molar-refractivity contribution in [3.8, 4) is 0 Å². The van der Waals surface area contributed by atoms with Gasteiger partial charge in [0.25, 0.3) is 0 Å². The Morgan fingerprint density at radius 3 is 2.08 bits per heavy atom. The Balaban J connectivity index is 2.99. The molecule has 0 aromatic carbocycles. The lowest BCUT2D eigenvalue weighted by Crippen LogP contribution is -2.14. The molecule has 0 atom stereocenters. The first-order valence-electron chi connectivity index (χ1n) is 3.53. The van der Waals surface area contributed by atoms with Crippen molar-refractivity contribution in [1.82, 2.24) is 14.9 Å². The van der Waals surface area contributed by atoms with Gasteiger partial charge in [-0.15, -0.1) is 0 Å². The molecule has 0 unspecified atom stereocenters. The van der Waals surface area contributed by atoms with E-state index in [9.17, 15) is 4.39 Å². The maximum Gasteiger partial charge on any atom is 0.197 e. The summed E-state index contributed by atoms with van der Waals surface area (Å²) in [6, 6.07) is 0. The van der Waals surface area contributed by atoms with Gasteiger partial charge in [0.2, 0.25) is 0 Å². The molecule has 13 heavy (non-hydrogen) atoms. The van der Waals surface area contributed by atoms with Gasteiger partial charge >= 0.3 is 0 Å². The van der Waals surface area contributed by atoms with E-state index in [-0.39, 0.29) is 10.3 Å². The van der Waals surface area contributed by atoms with Crippen molar-refractivity contribution in [1.29, 1.82) is 0 Å². The summed E-state index contributed by atoms with van der Waals surface area (Å²) in [4.78, 5) is 9.29. The first-order chi connectivity index (χ1) is 6.00. The number of aromatic nitrogens is 2. The molecule has 1 aromatic rings. The van der Waals surface area contributed by atoms with Gasteiger partial charge in [0.15, 0.2) is 16.1 Å². The lowest BCUT2D eigenvalue weighted by Gasteiger charge is -2.08. The third-order valence-electron chi connectivity index (χ3n) is 1.27. The molecule has 0 bridgehead atoms. The summed E-state index contributed by atoms with van der Waals surface area (Å²) in [5.74, 6) is -0.368. The SMILES string of the molecule is CN(C)Cc1nc(Cl)c(F)c(Cl)n1. The molecule has 0 spiro atoms. The van der Waals surface area contributed by atoms with E-state index in [0.29, 0.717) is 12.4 Å². The minimum absolute atomic E-state index is 0.239. The maximum absolute atomic E-state index is 12.8. The van der Waals surface area contributed by atoms with Crippen LogP contribution in [0.2, 0.25) is 10.3 Å². The normalized spacial score (nSPS) is 10.9. The Hall–Kier alpha value is -0.450. The molecule has 0 aliphatic carbocycles. The van der Waals surface area contributed by atoms with Crippen LogP contribution in [0.5, 0.6) is 0 Å². The van der Waals surface area contributed by atoms with Crippen LogP contribution in [-0.2, 0) is 6.54 Å². The van der Waals surface area contributed by atoms with Gasteiger partial charge in [0.05, 0.1) is 6.54 Å². The van der Waals surface area contributed by atoms with E-state index in [1.54, 1.807) is 0 Å². The van der Waals surface area contributed by atoms with Crippen LogP contribution in [0, 0.1) is 5.82 Å². The van der Waals surface area contributed by atoms with E-state index in [4.69, 9.17) is 23.2 Å². The van der Waals surface area contributed by atoms with Crippen LogP contribution in [0.3, 0.4) is 0 Å². The third kappa shape index (κ3) is 2.76. The molecular weight excluding hydrogens is 216 g/mol. The van der Waals surface area contributed by atoms with Crippen LogP contribution in [0.15, 0.2) is 0 Å². The van der Waals surface area contributed by atoms with Crippen molar-refractivity contribution in [2.24, 2.45) is 0 Å². The van der Waals surface area contributed by atoms with Crippen molar-refractivity contribution in [2.75, 3.05) is 14.1 Å². The second-order valence-corrected chi connectivity index (χ2v) is 3.49. The molecule has 3 nitrogen and oxygen atoms in total. The van der Waals surface area contributed by atoms with Gasteiger partial charge in [-0.25, -0.2) is 14.4 Å². The van der Waals surface area contributed by atoms with Gasteiger partial charge in [-0.2, -0.15) is 0 Å². The first-order valence-corrected chi connectivity index (χ1v) is 4.28. The summed E-state index contributed by atoms with van der Waals surface area (Å²) in [5, 5.41) is -0.478. The van der Waals surface area contributed by atoms with Crippen molar-refractivity contribution in [3.63, 3.8) is 0 Å². The Morgan fingerprint density at radius 1 is 1.23 bits per heavy atom. The van der Waals surface area contributed by atoms with Gasteiger partial charge < -0.3 is 4.90 Å². The second-order valence-electron chi connectivity index (χ2n) is 2.77. The van der Waals surface area contributed by atoms with Gasteiger partial charge in [-0.3, -0.25) is 0 Å². The van der Waals surface area contributed by atoms with Crippen molar-refractivity contribution in [2.45, 2.75) is 6.54 Å². The number of hydrogen-bond acceptors (Lipinski definition) is 3. The molecular formula is C7H8Cl2FN3. The Kier molecular flexibility index (Phi) is 3.41. The predicted molar refractivity (Wildman–Crippen MR) is 49.4 cm³/mol. The Labute approximate surface area is 85.5 Å². The standard InChI is InChI=1S/C7H8Cl2FN3/c1-13(2)3-4-11-6(8)5(10)7(9)12-4/h3H2,1-2H3. The topological polar surface area (TPSA) is 29.0 Å². The highest BCUT2D eigenvalue weighted by Crippen LogP contribution is 2.18. The Morgan fingerprint density at radius 2 is 1.69 bits per heavy atom. The Bertz CT molecular complexity index is 294. The highest BCUT2D eigenvalue weighted by molar-refractivity contribution is 6.33. The molecule has 1 heterocycles. The summed E-state index contributed by atoms with van der Waals surface area (Å²) in [5.41, 5.74) is 0. The number of hydrogen-bond donors (Lipinski definition) is 0. The highest BCUT2D eigenvalue weighted by Gasteiger charge is 2.10. The fraction of sp³-hybridized carbons (Fsp3) is 0.429. The zero-order valence-corrected chi connectivity index (χ0v) is 8.69. The number of halogens is 3. The van der Waals surface area contributed by atoms with Crippen LogP contribution in [0.1, 0.15) is 5.82 Å². The molecule has 6 heteroatoms. The zero-order valence-electron chi connectivity index (χ0n) is 7.18. The smallest absolute Gasteiger partial charge is 0.197 e. The molecule has 0 saturated heterocycles. The molecule has 1 rings (SSSR count). The summed E-state index contributed by atoms with van der Waals surface area (Å²) in [6.45, 7) is 0.472. The van der Waals surface area contributed by atoms with Crippen LogP contribution < -0.4 is 0 Å². The van der Waals surface area contributed by atoms with E-state index in [1.807, 2.05) is 19.0 Å². The van der Waals surface area contributed by atoms with Crippen molar-refractivity contribution in [3.05, 3.63) is 21.9 Å². The van der Waals surface area contributed by atoms with E-state index in [2.05, 4.69) is 9.97 Å². The van der Waals surface area contributed by atoms with Gasteiger partial charge in [0.1, 0.15) is 5.82 Å². The highest BCUT2D eigenvalue weighted by atomic mass is 35.5. The summed E-state index contributed by atoms with van der Waals surface area (Å²) >= 11 is 10.9. The summed E-state index contributed by atoms with van der Waals surface area (Å²) in [7, 11) is 3.68. The lowest BCUT2D eigenvalue weighted by molar-refractivity contribution is 0.389. The van der Waals surface area contributed by atoms with Gasteiger partial charge in [-0.1, -0.05) is 23.2 Å². The fourth-order valence-corrected chi connectivity index (χ4v) is 1.21. The van der Waals surface area contributed by atoms with Crippen molar-refractivity contribution >= 4 is 23.2 Å². The monoisotopic (exact) mass is 223 g/mol. The number of rotatable bonds is 2. The molecule has 0 saturated carbocycles. The average molecular weight is 224 g/mol. The largest absolute Gasteiger partial charge is 0.302 e. The van der Waals surface area contributed by atoms with E-state index in [0.717, 1.165) is 0 Å². The number of nitrogens with zero attached hydrogens (tertiary/aromatic N) is 3. The maximum atomic E-state index is 12.8. The van der Waals surface area contributed by atoms with Gasteiger partial charge in [-0.05, 0) is 14.1 Å². The molecule has 1 aromatic heterocycles. The van der Waals surface area contributed by atoms with Crippen LogP contribution in [-0.4, -0.2) is 29.0 Å². The summed E-state index contributed by atoms with van der Waals surface area (Å²) < 4.78 is 12.8. The fourth-order valence-electron chi connectivity index (χ4n) is 0.788. The van der Waals surface area contributed by atoms with E-state index in [1.165, 1.54) is 0 Å². The van der Waals surface area contributed by atoms with Gasteiger partial charge in [0, 0.05) is 0 Å². The minimum Gasteiger partial charge on any atom is -0.302 e. The first kappa shape index (κ1) is 10.6. The zero-order chi connectivity index (χ0) is 10.0. The minimum atomic E-state index is -0.772. The molecule has 0 aliphatic heterocycles. The molecule has 0 aliphatic rings. The third-order valence-corrected chi connectivity index (χ3v) is 1.78. The predicted octanol–water partition coefficient (Wildman–Crippen LogP) is 1.98. The van der Waals surface area contributed by atoms with E-state index < -0.39 is 5.82 Å². The lowest BCUT2D eigenvalue weighted by atomic mass is 10.5. The second kappa shape index (κ2) is 4.17. The summed E-state index contributed by atoms with van der Waals surface area (Å²) in [6.07, 6.45) is 0. The van der Waals surface area contributed by atoms with Crippen LogP contribution in [0.4, 0.5) is 4.39 Å². The van der Waals surface area contributed by atoms with Crippen LogP contribution in [0.25, 0.3) is 0 Å². The molecule has 0 fully saturated rings. The van der Waals surface area contributed by atoms with Crippen LogP contribution >= 0.6 is 23.2 Å². The molecule has 0 amide bonds. The van der Waals surface area contributed by atoms with E-state index >= 15 is 0 Å². The molecule has 72 valence electrons. The quantitative estimate of drug-likeness (QED) is 0.719. The molecule has 0 radical (unpaired) electrons. The van der Waals surface area contributed by atoms with Crippen molar-refractivity contribution < 1.29 is 4.39 Å². The average Bonchev–Trinajstić information content (AvgIpc) is 1.98.